The van der Waals surface area contributed by atoms with Crippen molar-refractivity contribution in [3.05, 3.63) is 54.1 Å². The molecule has 1 aromatic carbocycles. The molecule has 29 heavy (non-hydrogen) atoms. The Balaban J connectivity index is 1.77. The predicted molar refractivity (Wildman–Crippen MR) is 109 cm³/mol. The van der Waals surface area contributed by atoms with Gasteiger partial charge in [-0.1, -0.05) is 29.9 Å². The van der Waals surface area contributed by atoms with Gasteiger partial charge in [0.2, 0.25) is 17.7 Å². The van der Waals surface area contributed by atoms with Crippen LogP contribution in [0.3, 0.4) is 0 Å². The average molecular weight is 396 g/mol. The van der Waals surface area contributed by atoms with Crippen LogP contribution in [0.15, 0.2) is 53.7 Å². The molecule has 3 N–H and O–H groups in total. The number of allylic oxidation sites excluding steroid dienone is 1. The van der Waals surface area contributed by atoms with Gasteiger partial charge in [0, 0.05) is 29.7 Å². The van der Waals surface area contributed by atoms with Crippen molar-refractivity contribution in [3.63, 3.8) is 0 Å². The van der Waals surface area contributed by atoms with Crippen molar-refractivity contribution < 1.29 is 19.2 Å². The van der Waals surface area contributed by atoms with E-state index in [0.29, 0.717) is 23.4 Å². The highest BCUT2D eigenvalue weighted by molar-refractivity contribution is 6.04. The van der Waals surface area contributed by atoms with Gasteiger partial charge in [-0.05, 0) is 32.1 Å². The van der Waals surface area contributed by atoms with E-state index in [1.807, 2.05) is 12.1 Å². The monoisotopic (exact) mass is 396 g/mol. The maximum Gasteiger partial charge on any atom is 0.249 e. The van der Waals surface area contributed by atoms with Gasteiger partial charge in [-0.25, -0.2) is 0 Å². The first-order valence-electron chi connectivity index (χ1n) is 9.29. The van der Waals surface area contributed by atoms with E-state index >= 15 is 0 Å². The molecule has 2 aliphatic rings. The van der Waals surface area contributed by atoms with E-state index in [0.717, 1.165) is 5.56 Å². The summed E-state index contributed by atoms with van der Waals surface area (Å²) in [7, 11) is 0. The molecule has 3 rings (SSSR count). The van der Waals surface area contributed by atoms with Gasteiger partial charge in [0.05, 0.1) is 12.3 Å². The zero-order valence-electron chi connectivity index (χ0n) is 16.5. The molecule has 0 aliphatic carbocycles. The second-order valence-corrected chi connectivity index (χ2v) is 7.39. The Bertz CT molecular complexity index is 936. The predicted octanol–water partition coefficient (Wildman–Crippen LogP) is 1.73. The quantitative estimate of drug-likeness (QED) is 0.738. The zero-order chi connectivity index (χ0) is 21.2. The van der Waals surface area contributed by atoms with Crippen LogP contribution in [-0.4, -0.2) is 46.5 Å². The highest BCUT2D eigenvalue weighted by Gasteiger charge is 2.53. The van der Waals surface area contributed by atoms with Crippen LogP contribution < -0.4 is 11.1 Å². The zero-order valence-corrected chi connectivity index (χ0v) is 16.5. The van der Waals surface area contributed by atoms with Crippen molar-refractivity contribution >= 4 is 29.1 Å². The Morgan fingerprint density at radius 1 is 1.41 bits per heavy atom. The van der Waals surface area contributed by atoms with E-state index < -0.39 is 17.6 Å². The van der Waals surface area contributed by atoms with Crippen LogP contribution in [-0.2, 0) is 19.2 Å². The number of hydrogen-bond donors (Lipinski definition) is 2. The lowest BCUT2D eigenvalue weighted by molar-refractivity contribution is -0.134. The number of rotatable bonds is 5. The minimum Gasteiger partial charge on any atom is -0.387 e. The molecule has 1 spiro atoms. The molecule has 8 heteroatoms. The first-order valence-corrected chi connectivity index (χ1v) is 9.29. The number of hydrogen-bond acceptors (Lipinski definition) is 5. The molecule has 8 nitrogen and oxygen atoms in total. The molecule has 0 bridgehead atoms. The number of amides is 3. The fraction of sp³-hybridized carbons (Fsp3) is 0.333. The van der Waals surface area contributed by atoms with Crippen LogP contribution in [0.5, 0.6) is 0 Å². The largest absolute Gasteiger partial charge is 0.387 e. The number of oxime groups is 1. The molecule has 1 fully saturated rings. The minimum absolute atomic E-state index is 0.205. The summed E-state index contributed by atoms with van der Waals surface area (Å²) in [4.78, 5) is 43.2. The van der Waals surface area contributed by atoms with Crippen molar-refractivity contribution in [2.45, 2.75) is 38.3 Å². The number of nitrogens with two attached hydrogens (primary N) is 1. The standard InChI is InChI=1S/C21H24N4O4/c1-4-6-18(26)23-15-8-5-7-14(9-15)16-10-21(29-24-16)11-17(19(22)27)25(12-21)20(28)13(2)3/h4-9,17H,2,10-12H2,1,3H3,(H2,22,27)(H,23,26). The Morgan fingerprint density at radius 2 is 2.17 bits per heavy atom. The highest BCUT2D eigenvalue weighted by Crippen LogP contribution is 2.39. The Hall–Kier alpha value is -3.42. The molecule has 2 heterocycles. The number of primary amides is 1. The van der Waals surface area contributed by atoms with Gasteiger partial charge < -0.3 is 20.8 Å². The summed E-state index contributed by atoms with van der Waals surface area (Å²) in [6.07, 6.45) is 3.79. The summed E-state index contributed by atoms with van der Waals surface area (Å²) >= 11 is 0. The van der Waals surface area contributed by atoms with Crippen molar-refractivity contribution in [3.8, 4) is 0 Å². The van der Waals surface area contributed by atoms with Crippen molar-refractivity contribution in [1.29, 1.82) is 0 Å². The maximum absolute atomic E-state index is 12.4. The number of nitrogens with one attached hydrogen (secondary N) is 1. The summed E-state index contributed by atoms with van der Waals surface area (Å²) in [6, 6.07) is 6.50. The van der Waals surface area contributed by atoms with Gasteiger partial charge >= 0.3 is 0 Å². The van der Waals surface area contributed by atoms with Crippen LogP contribution in [0.4, 0.5) is 5.69 Å². The van der Waals surface area contributed by atoms with E-state index in [1.54, 1.807) is 32.1 Å². The van der Waals surface area contributed by atoms with Gasteiger partial charge in [0.15, 0.2) is 5.60 Å². The Labute approximate surface area is 169 Å². The number of carbonyl (C=O) groups excluding carboxylic acids is 3. The minimum atomic E-state index is -0.801. The second-order valence-electron chi connectivity index (χ2n) is 7.39. The Kier molecular flexibility index (Phi) is 5.54. The number of anilines is 1. The number of nitrogens with zero attached hydrogens (tertiary/aromatic N) is 2. The van der Waals surface area contributed by atoms with Crippen LogP contribution in [0.1, 0.15) is 32.3 Å². The van der Waals surface area contributed by atoms with E-state index in [4.69, 9.17) is 10.6 Å². The van der Waals surface area contributed by atoms with E-state index in [1.165, 1.54) is 11.0 Å². The highest BCUT2D eigenvalue weighted by atomic mass is 16.7. The molecule has 152 valence electrons. The van der Waals surface area contributed by atoms with E-state index in [-0.39, 0.29) is 24.8 Å². The summed E-state index contributed by atoms with van der Waals surface area (Å²) in [5.74, 6) is -1.13. The second kappa shape index (κ2) is 7.90. The van der Waals surface area contributed by atoms with Crippen LogP contribution in [0, 0.1) is 0 Å². The first kappa shape index (κ1) is 20.3. The van der Waals surface area contributed by atoms with E-state index in [2.05, 4.69) is 17.1 Å². The lowest BCUT2D eigenvalue weighted by Crippen LogP contribution is -2.44. The first-order chi connectivity index (χ1) is 13.7. The summed E-state index contributed by atoms with van der Waals surface area (Å²) in [5.41, 5.74) is 7.15. The Morgan fingerprint density at radius 3 is 2.83 bits per heavy atom. The summed E-state index contributed by atoms with van der Waals surface area (Å²) in [6.45, 7) is 7.23. The topological polar surface area (TPSA) is 114 Å². The number of likely N-dealkylation sites (tertiary alicyclic amines) is 1. The molecule has 2 aliphatic heterocycles. The van der Waals surface area contributed by atoms with Crippen LogP contribution in [0.2, 0.25) is 0 Å². The molecule has 1 aromatic rings. The smallest absolute Gasteiger partial charge is 0.249 e. The van der Waals surface area contributed by atoms with Crippen LogP contribution in [0.25, 0.3) is 0 Å². The fourth-order valence-electron chi connectivity index (χ4n) is 3.64. The van der Waals surface area contributed by atoms with Gasteiger partial charge in [0.1, 0.15) is 6.04 Å². The lowest BCUT2D eigenvalue weighted by atomic mass is 9.91. The van der Waals surface area contributed by atoms with Gasteiger partial charge in [-0.15, -0.1) is 0 Å². The van der Waals surface area contributed by atoms with Gasteiger partial charge in [-0.2, -0.15) is 0 Å². The molecular weight excluding hydrogens is 372 g/mol. The fourth-order valence-corrected chi connectivity index (χ4v) is 3.64. The van der Waals surface area contributed by atoms with Gasteiger partial charge in [-0.3, -0.25) is 14.4 Å². The van der Waals surface area contributed by atoms with Crippen LogP contribution >= 0.6 is 0 Å². The summed E-state index contributed by atoms with van der Waals surface area (Å²) < 4.78 is 0. The third-order valence-corrected chi connectivity index (χ3v) is 4.97. The SMILES string of the molecule is C=C(C)C(=O)N1CC2(CC(c3cccc(NC(=O)C=CC)c3)=NO2)CC1C(N)=O. The third kappa shape index (κ3) is 4.21. The van der Waals surface area contributed by atoms with Crippen molar-refractivity contribution in [2.75, 3.05) is 11.9 Å². The third-order valence-electron chi connectivity index (χ3n) is 4.97. The molecule has 2 atom stereocenters. The number of carbonyl (C=O) groups is 3. The molecule has 2 unspecified atom stereocenters. The molecule has 0 saturated carbocycles. The molecular formula is C21H24N4O4. The van der Waals surface area contributed by atoms with Crippen molar-refractivity contribution in [1.82, 2.24) is 4.90 Å². The van der Waals surface area contributed by atoms with Gasteiger partial charge in [0.25, 0.3) is 0 Å². The molecule has 3 amide bonds. The lowest BCUT2D eigenvalue weighted by Gasteiger charge is -2.23. The van der Waals surface area contributed by atoms with Crippen molar-refractivity contribution in [2.24, 2.45) is 10.9 Å². The van der Waals surface area contributed by atoms with E-state index in [9.17, 15) is 14.4 Å². The summed E-state index contributed by atoms with van der Waals surface area (Å²) in [5, 5.41) is 6.99. The average Bonchev–Trinajstić information content (AvgIpc) is 3.26. The number of benzene rings is 1. The molecule has 0 aromatic heterocycles. The molecule has 0 radical (unpaired) electrons. The maximum atomic E-state index is 12.4. The normalized spacial score (nSPS) is 23.2. The molecule has 1 saturated heterocycles.